The minimum atomic E-state index is -0.509. The van der Waals surface area contributed by atoms with Crippen LogP contribution >= 0.6 is 15.9 Å². The first-order valence-electron chi connectivity index (χ1n) is 5.74. The van der Waals surface area contributed by atoms with E-state index in [9.17, 15) is 4.79 Å². The molecule has 2 rings (SSSR count). The van der Waals surface area contributed by atoms with E-state index in [1.165, 1.54) is 13.4 Å². The highest BCUT2D eigenvalue weighted by atomic mass is 79.9. The van der Waals surface area contributed by atoms with Gasteiger partial charge in [0.2, 0.25) is 5.76 Å². The molecule has 0 amide bonds. The van der Waals surface area contributed by atoms with Crippen LogP contribution in [0.15, 0.2) is 39.4 Å². The number of carbonyl (C=O) groups is 1. The number of benzene rings is 1. The highest BCUT2D eigenvalue weighted by Crippen LogP contribution is 2.24. The Hall–Kier alpha value is -2.26. The minimum absolute atomic E-state index is 0.185. The lowest BCUT2D eigenvalue weighted by Gasteiger charge is -2.08. The molecule has 0 saturated carbocycles. The Kier molecular flexibility index (Phi) is 4.43. The van der Waals surface area contributed by atoms with Gasteiger partial charge in [0.05, 0.1) is 25.0 Å². The summed E-state index contributed by atoms with van der Waals surface area (Å²) in [7, 11) is 1.30. The number of anilines is 1. The molecule has 0 saturated heterocycles. The predicted octanol–water partition coefficient (Wildman–Crippen LogP) is 3.31. The van der Waals surface area contributed by atoms with Gasteiger partial charge in [-0.1, -0.05) is 0 Å². The van der Waals surface area contributed by atoms with Crippen molar-refractivity contribution in [2.45, 2.75) is 6.54 Å². The molecule has 102 valence electrons. The lowest BCUT2D eigenvalue weighted by Crippen LogP contribution is -2.07. The Morgan fingerprint density at radius 1 is 1.50 bits per heavy atom. The molecule has 5 nitrogen and oxygen atoms in total. The monoisotopic (exact) mass is 334 g/mol. The summed E-state index contributed by atoms with van der Waals surface area (Å²) in [6, 6.07) is 8.99. The number of nitrogens with one attached hydrogen (secondary N) is 1. The lowest BCUT2D eigenvalue weighted by atomic mass is 10.2. The van der Waals surface area contributed by atoms with Gasteiger partial charge in [0.15, 0.2) is 0 Å². The maximum atomic E-state index is 11.5. The minimum Gasteiger partial charge on any atom is -0.463 e. The summed E-state index contributed by atoms with van der Waals surface area (Å²) in [5.74, 6) is -0.324. The van der Waals surface area contributed by atoms with Gasteiger partial charge in [-0.25, -0.2) is 4.79 Å². The third-order valence-corrected chi connectivity index (χ3v) is 3.34. The van der Waals surface area contributed by atoms with Crippen LogP contribution in [-0.4, -0.2) is 13.1 Å². The number of hydrogen-bond donors (Lipinski definition) is 1. The van der Waals surface area contributed by atoms with Crippen LogP contribution in [0.25, 0.3) is 0 Å². The highest BCUT2D eigenvalue weighted by molar-refractivity contribution is 9.10. The SMILES string of the molecule is COC(=O)c1occc1CNc1ccc(C#N)cc1Br. The largest absolute Gasteiger partial charge is 0.463 e. The van der Waals surface area contributed by atoms with Gasteiger partial charge in [-0.3, -0.25) is 0 Å². The number of furan rings is 1. The van der Waals surface area contributed by atoms with Gasteiger partial charge < -0.3 is 14.5 Å². The number of nitrogens with zero attached hydrogens (tertiary/aromatic N) is 1. The predicted molar refractivity (Wildman–Crippen MR) is 76.2 cm³/mol. The van der Waals surface area contributed by atoms with Crippen molar-refractivity contribution in [3.8, 4) is 6.07 Å². The molecule has 1 heterocycles. The number of halogens is 1. The van der Waals surface area contributed by atoms with Crippen molar-refractivity contribution in [3.63, 3.8) is 0 Å². The normalized spacial score (nSPS) is 9.85. The number of carbonyl (C=O) groups excluding carboxylic acids is 1. The van der Waals surface area contributed by atoms with Crippen LogP contribution in [-0.2, 0) is 11.3 Å². The van der Waals surface area contributed by atoms with Crippen LogP contribution in [0, 0.1) is 11.3 Å². The summed E-state index contributed by atoms with van der Waals surface area (Å²) >= 11 is 3.38. The van der Waals surface area contributed by atoms with Gasteiger partial charge in [0.1, 0.15) is 0 Å². The van der Waals surface area contributed by atoms with Crippen molar-refractivity contribution in [2.24, 2.45) is 0 Å². The van der Waals surface area contributed by atoms with E-state index in [0.29, 0.717) is 17.7 Å². The van der Waals surface area contributed by atoms with Gasteiger partial charge in [-0.15, -0.1) is 0 Å². The van der Waals surface area contributed by atoms with E-state index >= 15 is 0 Å². The van der Waals surface area contributed by atoms with E-state index in [-0.39, 0.29) is 5.76 Å². The quantitative estimate of drug-likeness (QED) is 0.868. The van der Waals surface area contributed by atoms with Crippen molar-refractivity contribution in [1.29, 1.82) is 5.26 Å². The zero-order chi connectivity index (χ0) is 14.5. The number of nitriles is 1. The fourth-order valence-corrected chi connectivity index (χ4v) is 2.18. The molecule has 1 aromatic heterocycles. The van der Waals surface area contributed by atoms with Crippen molar-refractivity contribution in [3.05, 3.63) is 51.9 Å². The molecular weight excluding hydrogens is 324 g/mol. The second-order valence-electron chi connectivity index (χ2n) is 3.93. The standard InChI is InChI=1S/C14H11BrN2O3/c1-19-14(18)13-10(4-5-20-13)8-17-12-3-2-9(7-16)6-11(12)15/h2-6,17H,8H2,1H3. The molecule has 0 bridgehead atoms. The average Bonchev–Trinajstić information content (AvgIpc) is 2.93. The molecule has 0 fully saturated rings. The molecule has 0 atom stereocenters. The third-order valence-electron chi connectivity index (χ3n) is 2.69. The third kappa shape index (κ3) is 3.00. The zero-order valence-electron chi connectivity index (χ0n) is 10.6. The number of esters is 1. The molecule has 0 radical (unpaired) electrons. The maximum absolute atomic E-state index is 11.5. The Labute approximate surface area is 124 Å². The summed E-state index contributed by atoms with van der Waals surface area (Å²) in [5, 5.41) is 12.0. The van der Waals surface area contributed by atoms with Gasteiger partial charge in [0, 0.05) is 22.3 Å². The van der Waals surface area contributed by atoms with E-state index in [0.717, 1.165) is 10.2 Å². The summed E-state index contributed by atoms with van der Waals surface area (Å²) in [6.07, 6.45) is 1.44. The van der Waals surface area contributed by atoms with Gasteiger partial charge >= 0.3 is 5.97 Å². The molecule has 1 N–H and O–H groups in total. The molecule has 0 aliphatic heterocycles. The fourth-order valence-electron chi connectivity index (χ4n) is 1.67. The van der Waals surface area contributed by atoms with Crippen molar-refractivity contribution in [1.82, 2.24) is 0 Å². The van der Waals surface area contributed by atoms with E-state index in [4.69, 9.17) is 9.68 Å². The summed E-state index contributed by atoms with van der Waals surface area (Å²) in [4.78, 5) is 11.5. The zero-order valence-corrected chi connectivity index (χ0v) is 12.2. The van der Waals surface area contributed by atoms with E-state index < -0.39 is 5.97 Å². The Balaban J connectivity index is 2.12. The van der Waals surface area contributed by atoms with Crippen LogP contribution < -0.4 is 5.32 Å². The summed E-state index contributed by atoms with van der Waals surface area (Å²) < 4.78 is 10.5. The molecule has 2 aromatic rings. The summed E-state index contributed by atoms with van der Waals surface area (Å²) in [5.41, 5.74) is 2.09. The van der Waals surface area contributed by atoms with Crippen molar-refractivity contribution >= 4 is 27.6 Å². The molecular formula is C14H11BrN2O3. The molecule has 1 aromatic carbocycles. The first-order chi connectivity index (χ1) is 9.65. The maximum Gasteiger partial charge on any atom is 0.374 e. The number of methoxy groups -OCH3 is 1. The molecule has 6 heteroatoms. The smallest absolute Gasteiger partial charge is 0.374 e. The Morgan fingerprint density at radius 2 is 2.30 bits per heavy atom. The average molecular weight is 335 g/mol. The Morgan fingerprint density at radius 3 is 2.95 bits per heavy atom. The van der Waals surface area contributed by atoms with Gasteiger partial charge in [-0.05, 0) is 40.2 Å². The van der Waals surface area contributed by atoms with Crippen LogP contribution in [0.1, 0.15) is 21.7 Å². The first kappa shape index (κ1) is 14.2. The van der Waals surface area contributed by atoms with E-state index in [1.807, 2.05) is 0 Å². The number of ether oxygens (including phenoxy) is 1. The van der Waals surface area contributed by atoms with Crippen molar-refractivity contribution < 1.29 is 13.9 Å². The first-order valence-corrected chi connectivity index (χ1v) is 6.53. The van der Waals surface area contributed by atoms with Crippen LogP contribution in [0.3, 0.4) is 0 Å². The molecule has 20 heavy (non-hydrogen) atoms. The number of rotatable bonds is 4. The molecule has 0 aliphatic rings. The fraction of sp³-hybridized carbons (Fsp3) is 0.143. The van der Waals surface area contributed by atoms with Crippen LogP contribution in [0.4, 0.5) is 5.69 Å². The van der Waals surface area contributed by atoms with Crippen LogP contribution in [0.2, 0.25) is 0 Å². The lowest BCUT2D eigenvalue weighted by molar-refractivity contribution is 0.0563. The van der Waals surface area contributed by atoms with Crippen molar-refractivity contribution in [2.75, 3.05) is 12.4 Å². The molecule has 0 spiro atoms. The van der Waals surface area contributed by atoms with E-state index in [1.54, 1.807) is 24.3 Å². The Bertz CT molecular complexity index is 673. The highest BCUT2D eigenvalue weighted by Gasteiger charge is 2.15. The van der Waals surface area contributed by atoms with Gasteiger partial charge in [0.25, 0.3) is 0 Å². The van der Waals surface area contributed by atoms with Crippen LogP contribution in [0.5, 0.6) is 0 Å². The van der Waals surface area contributed by atoms with Gasteiger partial charge in [-0.2, -0.15) is 5.26 Å². The second kappa shape index (κ2) is 6.26. The number of hydrogen-bond acceptors (Lipinski definition) is 5. The summed E-state index contributed by atoms with van der Waals surface area (Å²) in [6.45, 7) is 0.408. The molecule has 0 unspecified atom stereocenters. The molecule has 0 aliphatic carbocycles. The topological polar surface area (TPSA) is 75.3 Å². The second-order valence-corrected chi connectivity index (χ2v) is 4.78. The van der Waals surface area contributed by atoms with E-state index in [2.05, 4.69) is 32.1 Å².